The van der Waals surface area contributed by atoms with E-state index in [0.29, 0.717) is 18.5 Å². The first-order chi connectivity index (χ1) is 13.6. The third-order valence-corrected chi connectivity index (χ3v) is 6.08. The minimum atomic E-state index is -0.615. The lowest BCUT2D eigenvalue weighted by molar-refractivity contribution is -0.00901. The number of aliphatic hydroxyl groups excluding tert-OH is 1. The van der Waals surface area contributed by atoms with Gasteiger partial charge in [-0.25, -0.2) is 4.79 Å². The lowest BCUT2D eigenvalue weighted by Gasteiger charge is -2.37. The number of hydrogen-bond donors (Lipinski definition) is 2. The molecule has 1 aromatic heterocycles. The van der Waals surface area contributed by atoms with Crippen LogP contribution in [0, 0.1) is 5.41 Å². The Bertz CT molecular complexity index is 736. The predicted octanol–water partition coefficient (Wildman–Crippen LogP) is 2.53. The molecule has 29 heavy (non-hydrogen) atoms. The van der Waals surface area contributed by atoms with Gasteiger partial charge in [0.15, 0.2) is 0 Å². The maximum absolute atomic E-state index is 13.1. The molecule has 1 aromatic rings. The van der Waals surface area contributed by atoms with Crippen molar-refractivity contribution in [3.05, 3.63) is 24.0 Å². The SMILES string of the molecule is CC(C)(C)OC(=O)N1[C@@H](CNC(=O)c2ccnnc2)C[C@@]2(C)[C@@H](O)CCCC[C@@H]12. The minimum absolute atomic E-state index is 0.112. The highest BCUT2D eigenvalue weighted by molar-refractivity contribution is 5.93. The summed E-state index contributed by atoms with van der Waals surface area (Å²) >= 11 is 0. The van der Waals surface area contributed by atoms with Crippen LogP contribution in [0.25, 0.3) is 0 Å². The second-order valence-corrected chi connectivity index (χ2v) is 9.41. The number of ether oxygens (including phenoxy) is 1. The molecule has 1 aliphatic heterocycles. The number of aliphatic hydroxyl groups is 1. The Morgan fingerprint density at radius 3 is 2.69 bits per heavy atom. The summed E-state index contributed by atoms with van der Waals surface area (Å²) in [7, 11) is 0. The van der Waals surface area contributed by atoms with Crippen molar-refractivity contribution >= 4 is 12.0 Å². The van der Waals surface area contributed by atoms with Gasteiger partial charge < -0.3 is 15.2 Å². The quantitative estimate of drug-likeness (QED) is 0.802. The topological polar surface area (TPSA) is 105 Å². The first kappa shape index (κ1) is 21.5. The molecule has 1 saturated carbocycles. The summed E-state index contributed by atoms with van der Waals surface area (Å²) in [6, 6.07) is 1.24. The largest absolute Gasteiger partial charge is 0.444 e. The summed E-state index contributed by atoms with van der Waals surface area (Å²) < 4.78 is 5.69. The van der Waals surface area contributed by atoms with E-state index in [1.54, 1.807) is 11.0 Å². The molecule has 2 heterocycles. The van der Waals surface area contributed by atoms with Crippen LogP contribution in [0.3, 0.4) is 0 Å². The van der Waals surface area contributed by atoms with Gasteiger partial charge in [0.1, 0.15) is 5.60 Å². The van der Waals surface area contributed by atoms with Gasteiger partial charge in [-0.05, 0) is 46.1 Å². The van der Waals surface area contributed by atoms with Crippen molar-refractivity contribution < 1.29 is 19.4 Å². The van der Waals surface area contributed by atoms with Crippen molar-refractivity contribution in [2.24, 2.45) is 5.41 Å². The molecule has 2 N–H and O–H groups in total. The van der Waals surface area contributed by atoms with Crippen LogP contribution in [0.1, 0.15) is 70.2 Å². The molecule has 0 aromatic carbocycles. The smallest absolute Gasteiger partial charge is 0.410 e. The summed E-state index contributed by atoms with van der Waals surface area (Å²) in [5.41, 5.74) is -0.612. The van der Waals surface area contributed by atoms with E-state index in [2.05, 4.69) is 22.4 Å². The van der Waals surface area contributed by atoms with E-state index >= 15 is 0 Å². The van der Waals surface area contributed by atoms with Crippen LogP contribution in [-0.2, 0) is 4.74 Å². The Labute approximate surface area is 172 Å². The van der Waals surface area contributed by atoms with Gasteiger partial charge in [-0.15, -0.1) is 0 Å². The molecule has 160 valence electrons. The van der Waals surface area contributed by atoms with Crippen molar-refractivity contribution in [2.75, 3.05) is 6.54 Å². The molecule has 0 radical (unpaired) electrons. The van der Waals surface area contributed by atoms with Gasteiger partial charge in [0.25, 0.3) is 5.91 Å². The second kappa shape index (κ2) is 8.26. The molecule has 3 rings (SSSR count). The summed E-state index contributed by atoms with van der Waals surface area (Å²) in [6.45, 7) is 7.87. The summed E-state index contributed by atoms with van der Waals surface area (Å²) in [5, 5.41) is 21.2. The average molecular weight is 405 g/mol. The van der Waals surface area contributed by atoms with Gasteiger partial charge >= 0.3 is 6.09 Å². The number of likely N-dealkylation sites (tertiary alicyclic amines) is 1. The van der Waals surface area contributed by atoms with Gasteiger partial charge in [-0.1, -0.05) is 19.8 Å². The van der Waals surface area contributed by atoms with E-state index in [-0.39, 0.29) is 24.1 Å². The van der Waals surface area contributed by atoms with Crippen molar-refractivity contribution in [1.29, 1.82) is 0 Å². The van der Waals surface area contributed by atoms with Crippen LogP contribution in [0.2, 0.25) is 0 Å². The third-order valence-electron chi connectivity index (χ3n) is 6.08. The molecule has 2 aliphatic rings. The number of rotatable bonds is 3. The van der Waals surface area contributed by atoms with Crippen LogP contribution >= 0.6 is 0 Å². The van der Waals surface area contributed by atoms with E-state index in [9.17, 15) is 14.7 Å². The van der Waals surface area contributed by atoms with Gasteiger partial charge in [0.2, 0.25) is 0 Å². The van der Waals surface area contributed by atoms with E-state index in [0.717, 1.165) is 25.7 Å². The van der Waals surface area contributed by atoms with Crippen molar-refractivity contribution in [3.8, 4) is 0 Å². The zero-order chi connectivity index (χ0) is 21.2. The Hall–Kier alpha value is -2.22. The van der Waals surface area contributed by atoms with E-state index < -0.39 is 17.1 Å². The van der Waals surface area contributed by atoms with Crippen LogP contribution < -0.4 is 5.32 Å². The molecule has 1 aliphatic carbocycles. The van der Waals surface area contributed by atoms with E-state index in [1.165, 1.54) is 12.4 Å². The van der Waals surface area contributed by atoms with Crippen molar-refractivity contribution in [1.82, 2.24) is 20.4 Å². The highest BCUT2D eigenvalue weighted by Gasteiger charge is 2.55. The molecule has 1 saturated heterocycles. The van der Waals surface area contributed by atoms with E-state index in [4.69, 9.17) is 4.74 Å². The Kier molecular flexibility index (Phi) is 6.12. The highest BCUT2D eigenvalue weighted by Crippen LogP contribution is 2.48. The first-order valence-corrected chi connectivity index (χ1v) is 10.4. The van der Waals surface area contributed by atoms with Crippen LogP contribution in [0.5, 0.6) is 0 Å². The molecular formula is C21H32N4O4. The monoisotopic (exact) mass is 404 g/mol. The van der Waals surface area contributed by atoms with Crippen LogP contribution in [0.4, 0.5) is 4.79 Å². The molecule has 4 atom stereocenters. The molecule has 0 bridgehead atoms. The second-order valence-electron chi connectivity index (χ2n) is 9.41. The molecule has 0 spiro atoms. The Morgan fingerprint density at radius 1 is 1.31 bits per heavy atom. The number of nitrogens with one attached hydrogen (secondary N) is 1. The summed E-state index contributed by atoms with van der Waals surface area (Å²) in [5.74, 6) is -0.262. The Balaban J connectivity index is 1.81. The highest BCUT2D eigenvalue weighted by atomic mass is 16.6. The molecule has 2 fully saturated rings. The zero-order valence-electron chi connectivity index (χ0n) is 17.7. The molecule has 8 nitrogen and oxygen atoms in total. The van der Waals surface area contributed by atoms with Crippen molar-refractivity contribution in [3.63, 3.8) is 0 Å². The van der Waals surface area contributed by atoms with Gasteiger partial charge in [-0.2, -0.15) is 10.2 Å². The molecule has 8 heteroatoms. The maximum Gasteiger partial charge on any atom is 0.410 e. The third kappa shape index (κ3) is 4.69. The van der Waals surface area contributed by atoms with Gasteiger partial charge in [0.05, 0.1) is 30.1 Å². The van der Waals surface area contributed by atoms with Gasteiger partial charge in [-0.3, -0.25) is 9.69 Å². The van der Waals surface area contributed by atoms with E-state index in [1.807, 2.05) is 20.8 Å². The van der Waals surface area contributed by atoms with Crippen LogP contribution in [0.15, 0.2) is 18.5 Å². The number of amides is 2. The van der Waals surface area contributed by atoms with Gasteiger partial charge in [0, 0.05) is 18.0 Å². The Morgan fingerprint density at radius 2 is 2.03 bits per heavy atom. The van der Waals surface area contributed by atoms with Crippen molar-refractivity contribution in [2.45, 2.75) is 83.6 Å². The molecule has 0 unspecified atom stereocenters. The van der Waals surface area contributed by atoms with Crippen LogP contribution in [-0.4, -0.2) is 62.5 Å². The lowest BCUT2D eigenvalue weighted by Crippen LogP contribution is -2.50. The molecular weight excluding hydrogens is 372 g/mol. The number of nitrogens with zero attached hydrogens (tertiary/aromatic N) is 3. The fraction of sp³-hybridized carbons (Fsp3) is 0.714. The minimum Gasteiger partial charge on any atom is -0.444 e. The first-order valence-electron chi connectivity index (χ1n) is 10.4. The number of hydrogen-bond acceptors (Lipinski definition) is 6. The normalized spacial score (nSPS) is 29.7. The fourth-order valence-electron chi connectivity index (χ4n) is 4.65. The summed E-state index contributed by atoms with van der Waals surface area (Å²) in [6.07, 6.45) is 6.09. The predicted molar refractivity (Wildman–Crippen MR) is 107 cm³/mol. The number of carbonyl (C=O) groups excluding carboxylic acids is 2. The fourth-order valence-corrected chi connectivity index (χ4v) is 4.65. The zero-order valence-corrected chi connectivity index (χ0v) is 17.7. The standard InChI is InChI=1S/C21H32N4O4/c1-20(2,3)29-19(28)25-15(13-22-18(27)14-9-10-23-24-12-14)11-21(4)16(25)7-5-6-8-17(21)26/h9-10,12,15-17,26H,5-8,11,13H2,1-4H3,(H,22,27)/t15-,16-,17+,21-/m1/s1. The number of carbonyl (C=O) groups is 2. The number of aromatic nitrogens is 2. The summed E-state index contributed by atoms with van der Waals surface area (Å²) in [4.78, 5) is 27.3. The average Bonchev–Trinajstić information content (AvgIpc) is 2.87. The maximum atomic E-state index is 13.1. The lowest BCUT2D eigenvalue weighted by atomic mass is 9.75. The molecule has 2 amide bonds. The number of fused-ring (bicyclic) bond motifs is 1.